The molecule has 0 fully saturated rings. The smallest absolute Gasteiger partial charge is 0.272 e. The molecule has 1 N–H and O–H groups in total. The van der Waals surface area contributed by atoms with E-state index in [1.54, 1.807) is 19.2 Å². The molecule has 0 saturated heterocycles. The predicted octanol–water partition coefficient (Wildman–Crippen LogP) is 0.212. The quantitative estimate of drug-likeness (QED) is 0.793. The number of pyridine rings is 1. The fraction of sp³-hybridized carbons (Fsp3) is 0.455. The molecule has 5 heteroatoms. The number of aliphatic hydroxyl groups is 1. The topological polar surface area (TPSA) is 56.7 Å². The van der Waals surface area contributed by atoms with Crippen molar-refractivity contribution in [2.75, 3.05) is 39.2 Å². The van der Waals surface area contributed by atoms with Gasteiger partial charge in [-0.3, -0.25) is 4.79 Å². The lowest BCUT2D eigenvalue weighted by Crippen LogP contribution is -2.30. The summed E-state index contributed by atoms with van der Waals surface area (Å²) in [4.78, 5) is 19.4. The number of hydrogen-bond acceptors (Lipinski definition) is 4. The third-order valence-electron chi connectivity index (χ3n) is 2.19. The zero-order valence-corrected chi connectivity index (χ0v) is 9.84. The highest BCUT2D eigenvalue weighted by Gasteiger charge is 2.13. The van der Waals surface area contributed by atoms with Crippen LogP contribution in [-0.4, -0.2) is 55.2 Å². The third-order valence-corrected chi connectivity index (χ3v) is 2.19. The van der Waals surface area contributed by atoms with Gasteiger partial charge in [0.1, 0.15) is 11.5 Å². The first-order chi connectivity index (χ1) is 7.56. The van der Waals surface area contributed by atoms with Crippen molar-refractivity contribution in [1.82, 2.24) is 9.88 Å². The zero-order valence-electron chi connectivity index (χ0n) is 9.84. The van der Waals surface area contributed by atoms with Crippen LogP contribution >= 0.6 is 0 Å². The van der Waals surface area contributed by atoms with Crippen molar-refractivity contribution in [2.24, 2.45) is 0 Å². The number of rotatable bonds is 4. The van der Waals surface area contributed by atoms with E-state index in [1.165, 1.54) is 4.90 Å². The summed E-state index contributed by atoms with van der Waals surface area (Å²) in [6, 6.07) is 5.30. The molecule has 0 saturated carbocycles. The molecule has 0 unspecified atom stereocenters. The van der Waals surface area contributed by atoms with Crippen molar-refractivity contribution in [3.63, 3.8) is 0 Å². The Morgan fingerprint density at radius 1 is 1.38 bits per heavy atom. The number of carbonyl (C=O) groups excluding carboxylic acids is 1. The van der Waals surface area contributed by atoms with E-state index in [9.17, 15) is 4.79 Å². The Morgan fingerprint density at radius 3 is 2.62 bits per heavy atom. The van der Waals surface area contributed by atoms with Gasteiger partial charge in [-0.1, -0.05) is 6.07 Å². The molecular weight excluding hydrogens is 206 g/mol. The van der Waals surface area contributed by atoms with Crippen LogP contribution in [0.2, 0.25) is 0 Å². The van der Waals surface area contributed by atoms with Crippen LogP contribution in [0.5, 0.6) is 0 Å². The van der Waals surface area contributed by atoms with Crippen LogP contribution in [0.3, 0.4) is 0 Å². The molecule has 1 amide bonds. The van der Waals surface area contributed by atoms with E-state index < -0.39 is 0 Å². The molecule has 16 heavy (non-hydrogen) atoms. The lowest BCUT2D eigenvalue weighted by molar-refractivity contribution is 0.0761. The van der Waals surface area contributed by atoms with Gasteiger partial charge in [-0.15, -0.1) is 0 Å². The van der Waals surface area contributed by atoms with E-state index in [0.29, 0.717) is 12.2 Å². The molecule has 0 aliphatic carbocycles. The highest BCUT2D eigenvalue weighted by molar-refractivity contribution is 5.92. The summed E-state index contributed by atoms with van der Waals surface area (Å²) in [6.45, 7) is 0.266. The van der Waals surface area contributed by atoms with Crippen LogP contribution in [0.4, 0.5) is 5.82 Å². The van der Waals surface area contributed by atoms with Gasteiger partial charge in [-0.25, -0.2) is 4.98 Å². The summed E-state index contributed by atoms with van der Waals surface area (Å²) in [5.41, 5.74) is 0.391. The van der Waals surface area contributed by atoms with Gasteiger partial charge in [-0.05, 0) is 12.1 Å². The van der Waals surface area contributed by atoms with Crippen LogP contribution in [-0.2, 0) is 0 Å². The molecule has 0 radical (unpaired) electrons. The molecule has 0 aromatic carbocycles. The summed E-state index contributed by atoms with van der Waals surface area (Å²) >= 11 is 0. The Bertz CT molecular complexity index is 366. The largest absolute Gasteiger partial charge is 0.395 e. The second kappa shape index (κ2) is 5.46. The number of likely N-dealkylation sites (N-methyl/N-ethyl adjacent to an activating group) is 1. The molecule has 0 bridgehead atoms. The van der Waals surface area contributed by atoms with Crippen molar-refractivity contribution in [3.8, 4) is 0 Å². The van der Waals surface area contributed by atoms with Crippen molar-refractivity contribution in [1.29, 1.82) is 0 Å². The standard InChI is InChI=1S/C11H17N3O2/c1-13(2)10-6-4-5-9(12-10)11(16)14(3)7-8-15/h4-6,15H,7-8H2,1-3H3. The van der Waals surface area contributed by atoms with Crippen LogP contribution in [0.15, 0.2) is 18.2 Å². The Morgan fingerprint density at radius 2 is 2.06 bits per heavy atom. The van der Waals surface area contributed by atoms with Gasteiger partial charge in [0.05, 0.1) is 6.61 Å². The van der Waals surface area contributed by atoms with Crippen LogP contribution < -0.4 is 4.90 Å². The van der Waals surface area contributed by atoms with Crippen LogP contribution in [0, 0.1) is 0 Å². The second-order valence-corrected chi connectivity index (χ2v) is 3.73. The van der Waals surface area contributed by atoms with E-state index >= 15 is 0 Å². The molecule has 0 aliphatic rings. The number of amides is 1. The maximum absolute atomic E-state index is 11.8. The summed E-state index contributed by atoms with van der Waals surface area (Å²) in [7, 11) is 5.38. The highest BCUT2D eigenvalue weighted by atomic mass is 16.3. The molecule has 0 aliphatic heterocycles. The molecule has 1 aromatic heterocycles. The third kappa shape index (κ3) is 2.93. The molecule has 1 aromatic rings. The second-order valence-electron chi connectivity index (χ2n) is 3.73. The van der Waals surface area contributed by atoms with E-state index in [4.69, 9.17) is 5.11 Å². The fourth-order valence-corrected chi connectivity index (χ4v) is 1.24. The van der Waals surface area contributed by atoms with E-state index in [0.717, 1.165) is 5.82 Å². The van der Waals surface area contributed by atoms with Crippen LogP contribution in [0.1, 0.15) is 10.5 Å². The van der Waals surface area contributed by atoms with Gasteiger partial charge in [0.15, 0.2) is 0 Å². The maximum Gasteiger partial charge on any atom is 0.272 e. The Labute approximate surface area is 95.3 Å². The van der Waals surface area contributed by atoms with Gasteiger partial charge >= 0.3 is 0 Å². The fourth-order valence-electron chi connectivity index (χ4n) is 1.24. The summed E-state index contributed by atoms with van der Waals surface area (Å²) in [5, 5.41) is 8.75. The number of carbonyl (C=O) groups is 1. The SMILES string of the molecule is CN(CCO)C(=O)c1cccc(N(C)C)n1. The van der Waals surface area contributed by atoms with Gasteiger partial charge in [0.2, 0.25) is 0 Å². The first kappa shape index (κ1) is 12.4. The van der Waals surface area contributed by atoms with Gasteiger partial charge in [-0.2, -0.15) is 0 Å². The lowest BCUT2D eigenvalue weighted by Gasteiger charge is -2.16. The minimum Gasteiger partial charge on any atom is -0.395 e. The van der Waals surface area contributed by atoms with E-state index in [1.807, 2.05) is 25.1 Å². The van der Waals surface area contributed by atoms with Crippen molar-refractivity contribution < 1.29 is 9.90 Å². The average molecular weight is 223 g/mol. The number of aliphatic hydroxyl groups excluding tert-OH is 1. The van der Waals surface area contributed by atoms with Crippen LogP contribution in [0.25, 0.3) is 0 Å². The molecule has 0 spiro atoms. The predicted molar refractivity (Wildman–Crippen MR) is 62.6 cm³/mol. The number of hydrogen-bond donors (Lipinski definition) is 1. The number of nitrogens with zero attached hydrogens (tertiary/aromatic N) is 3. The normalized spacial score (nSPS) is 10.0. The van der Waals surface area contributed by atoms with Crippen molar-refractivity contribution in [2.45, 2.75) is 0 Å². The van der Waals surface area contributed by atoms with E-state index in [2.05, 4.69) is 4.98 Å². The molecular formula is C11H17N3O2. The number of aromatic nitrogens is 1. The van der Waals surface area contributed by atoms with Crippen molar-refractivity contribution >= 4 is 11.7 Å². The molecule has 1 rings (SSSR count). The van der Waals surface area contributed by atoms with Gasteiger partial charge in [0.25, 0.3) is 5.91 Å². The minimum absolute atomic E-state index is 0.0460. The summed E-state index contributed by atoms with van der Waals surface area (Å²) in [5.74, 6) is 0.556. The minimum atomic E-state index is -0.183. The van der Waals surface area contributed by atoms with Gasteiger partial charge < -0.3 is 14.9 Å². The summed E-state index contributed by atoms with van der Waals surface area (Å²) in [6.07, 6.45) is 0. The lowest BCUT2D eigenvalue weighted by atomic mass is 10.3. The molecule has 88 valence electrons. The Hall–Kier alpha value is -1.62. The zero-order chi connectivity index (χ0) is 12.1. The Balaban J connectivity index is 2.87. The van der Waals surface area contributed by atoms with E-state index in [-0.39, 0.29) is 12.5 Å². The first-order valence-corrected chi connectivity index (χ1v) is 5.07. The number of anilines is 1. The van der Waals surface area contributed by atoms with Crippen molar-refractivity contribution in [3.05, 3.63) is 23.9 Å². The summed E-state index contributed by atoms with van der Waals surface area (Å²) < 4.78 is 0. The Kier molecular flexibility index (Phi) is 4.25. The monoisotopic (exact) mass is 223 g/mol. The highest BCUT2D eigenvalue weighted by Crippen LogP contribution is 2.09. The average Bonchev–Trinajstić information content (AvgIpc) is 2.28. The van der Waals surface area contributed by atoms with Gasteiger partial charge in [0, 0.05) is 27.7 Å². The molecule has 1 heterocycles. The molecule has 5 nitrogen and oxygen atoms in total. The molecule has 0 atom stereocenters. The maximum atomic E-state index is 11.8. The first-order valence-electron chi connectivity index (χ1n) is 5.07.